The monoisotopic (exact) mass is 523 g/mol. The summed E-state index contributed by atoms with van der Waals surface area (Å²) in [5.41, 5.74) is 0.108. The molecule has 0 amide bonds. The van der Waals surface area contributed by atoms with Gasteiger partial charge < -0.3 is 15.1 Å². The van der Waals surface area contributed by atoms with E-state index in [9.17, 15) is 17.6 Å². The fraction of sp³-hybridized carbons (Fsp3) is 0.417. The zero-order chi connectivity index (χ0) is 25.9. The van der Waals surface area contributed by atoms with Gasteiger partial charge in [0.25, 0.3) is 0 Å². The Balaban J connectivity index is 1.50. The predicted octanol–water partition coefficient (Wildman–Crippen LogP) is 5.01. The number of nitrogens with zero attached hydrogens (tertiary/aromatic N) is 6. The zero-order valence-corrected chi connectivity index (χ0v) is 20.6. The highest BCUT2D eigenvalue weighted by Crippen LogP contribution is 2.35. The van der Waals surface area contributed by atoms with Crippen LogP contribution in [0.1, 0.15) is 30.8 Å². The van der Waals surface area contributed by atoms with Crippen LogP contribution in [-0.2, 0) is 19.0 Å². The normalized spacial score (nSPS) is 14.4. The molecule has 0 atom stereocenters. The number of anilines is 3. The molecule has 0 aliphatic carbocycles. The maximum absolute atomic E-state index is 13.5. The third-order valence-corrected chi connectivity index (χ3v) is 5.95. The van der Waals surface area contributed by atoms with Gasteiger partial charge in [0.15, 0.2) is 0 Å². The van der Waals surface area contributed by atoms with Crippen LogP contribution in [0.5, 0.6) is 0 Å². The third kappa shape index (κ3) is 6.31. The van der Waals surface area contributed by atoms with Gasteiger partial charge in [-0.05, 0) is 50.1 Å². The summed E-state index contributed by atoms with van der Waals surface area (Å²) in [5, 5.41) is 3.25. The minimum atomic E-state index is -4.48. The highest BCUT2D eigenvalue weighted by molar-refractivity contribution is 6.30. The van der Waals surface area contributed by atoms with Crippen molar-refractivity contribution in [1.82, 2.24) is 19.9 Å². The summed E-state index contributed by atoms with van der Waals surface area (Å²) in [6, 6.07) is 7.00. The van der Waals surface area contributed by atoms with Crippen LogP contribution in [-0.4, -0.2) is 52.2 Å². The van der Waals surface area contributed by atoms with Crippen LogP contribution < -0.4 is 15.1 Å². The number of hydrogen-bond donors (Lipinski definition) is 1. The average molecular weight is 524 g/mol. The molecule has 36 heavy (non-hydrogen) atoms. The van der Waals surface area contributed by atoms with Crippen LogP contribution in [0.2, 0.25) is 5.02 Å². The van der Waals surface area contributed by atoms with Crippen LogP contribution in [0.4, 0.5) is 35.3 Å². The van der Waals surface area contributed by atoms with Gasteiger partial charge in [0.1, 0.15) is 17.5 Å². The molecule has 0 saturated carbocycles. The third-order valence-electron chi connectivity index (χ3n) is 5.66. The maximum Gasteiger partial charge on any atom is 0.419 e. The standard InChI is InChI=1S/C24H26ClF4N7/c1-15(2)31-22-32-20(8-6-16-5-7-19(26)18(25)14-16)33-23(34-22)36-12-10-35(11-13-36)21-17(24(27,28)29)4-3-9-30-21/h3-5,7,9,14-15H,6,8,10-13H2,1-2H3,(H,31,32,33,34). The molecule has 1 aliphatic rings. The van der Waals surface area contributed by atoms with Crippen molar-refractivity contribution in [3.8, 4) is 0 Å². The molecule has 1 fully saturated rings. The molecule has 0 unspecified atom stereocenters. The first-order valence-corrected chi connectivity index (χ1v) is 12.0. The summed E-state index contributed by atoms with van der Waals surface area (Å²) in [7, 11) is 0. The number of nitrogens with one attached hydrogen (secondary N) is 1. The van der Waals surface area contributed by atoms with Gasteiger partial charge in [0.05, 0.1) is 10.6 Å². The SMILES string of the molecule is CC(C)Nc1nc(CCc2ccc(F)c(Cl)c2)nc(N2CCN(c3ncccc3C(F)(F)F)CC2)n1. The van der Waals surface area contributed by atoms with E-state index in [4.69, 9.17) is 11.6 Å². The maximum atomic E-state index is 13.5. The lowest BCUT2D eigenvalue weighted by atomic mass is 10.1. The van der Waals surface area contributed by atoms with E-state index in [0.717, 1.165) is 11.6 Å². The molecule has 12 heteroatoms. The molecule has 1 N–H and O–H groups in total. The molecule has 0 radical (unpaired) electrons. The van der Waals surface area contributed by atoms with E-state index in [2.05, 4.69) is 25.3 Å². The number of alkyl halides is 3. The lowest BCUT2D eigenvalue weighted by Gasteiger charge is -2.36. The molecule has 7 nitrogen and oxygen atoms in total. The summed E-state index contributed by atoms with van der Waals surface area (Å²) in [5.74, 6) is 0.889. The van der Waals surface area contributed by atoms with Gasteiger partial charge in [-0.15, -0.1) is 0 Å². The first-order chi connectivity index (χ1) is 17.1. The van der Waals surface area contributed by atoms with Crippen molar-refractivity contribution in [2.24, 2.45) is 0 Å². The molecule has 2 aromatic heterocycles. The topological polar surface area (TPSA) is 70.1 Å². The smallest absolute Gasteiger partial charge is 0.353 e. The summed E-state index contributed by atoms with van der Waals surface area (Å²) >= 11 is 5.89. The van der Waals surface area contributed by atoms with Gasteiger partial charge in [-0.2, -0.15) is 28.1 Å². The van der Waals surface area contributed by atoms with Gasteiger partial charge in [0.2, 0.25) is 11.9 Å². The minimum Gasteiger partial charge on any atom is -0.353 e. The van der Waals surface area contributed by atoms with Crippen molar-refractivity contribution in [2.75, 3.05) is 41.3 Å². The molecule has 1 saturated heterocycles. The van der Waals surface area contributed by atoms with Crippen LogP contribution in [0.25, 0.3) is 0 Å². The Morgan fingerprint density at radius 2 is 1.72 bits per heavy atom. The predicted molar refractivity (Wildman–Crippen MR) is 131 cm³/mol. The second-order valence-electron chi connectivity index (χ2n) is 8.77. The van der Waals surface area contributed by atoms with Crippen LogP contribution in [0, 0.1) is 5.82 Å². The van der Waals surface area contributed by atoms with Gasteiger partial charge in [0, 0.05) is 44.8 Å². The average Bonchev–Trinajstić information content (AvgIpc) is 2.84. The highest BCUT2D eigenvalue weighted by Gasteiger charge is 2.36. The van der Waals surface area contributed by atoms with Gasteiger partial charge in [-0.1, -0.05) is 17.7 Å². The van der Waals surface area contributed by atoms with Gasteiger partial charge >= 0.3 is 6.18 Å². The van der Waals surface area contributed by atoms with E-state index in [0.29, 0.717) is 56.7 Å². The number of aromatic nitrogens is 4. The summed E-state index contributed by atoms with van der Waals surface area (Å²) in [6.45, 7) is 5.45. The number of pyridine rings is 1. The quantitative estimate of drug-likeness (QED) is 0.436. The number of halogens is 5. The van der Waals surface area contributed by atoms with E-state index < -0.39 is 17.6 Å². The molecular formula is C24H26ClF4N7. The molecule has 0 bridgehead atoms. The summed E-state index contributed by atoms with van der Waals surface area (Å²) in [4.78, 5) is 21.2. The Morgan fingerprint density at radius 3 is 2.39 bits per heavy atom. The Kier molecular flexibility index (Phi) is 7.77. The van der Waals surface area contributed by atoms with Crippen LogP contribution in [0.3, 0.4) is 0 Å². The fourth-order valence-electron chi connectivity index (χ4n) is 3.92. The largest absolute Gasteiger partial charge is 0.419 e. The van der Waals surface area contributed by atoms with E-state index in [1.165, 1.54) is 18.3 Å². The lowest BCUT2D eigenvalue weighted by molar-refractivity contribution is -0.137. The molecule has 4 rings (SSSR count). The molecular weight excluding hydrogens is 498 g/mol. The Bertz CT molecular complexity index is 1200. The Hall–Kier alpha value is -3.21. The first-order valence-electron chi connectivity index (χ1n) is 11.6. The van der Waals surface area contributed by atoms with Crippen LogP contribution in [0.15, 0.2) is 36.5 Å². The molecule has 1 aromatic carbocycles. The Morgan fingerprint density at radius 1 is 1.00 bits per heavy atom. The number of piperazine rings is 1. The Labute approximate surface area is 211 Å². The number of benzene rings is 1. The molecule has 3 heterocycles. The summed E-state index contributed by atoms with van der Waals surface area (Å²) in [6.07, 6.45) is -2.07. The van der Waals surface area contributed by atoms with Crippen LogP contribution >= 0.6 is 11.6 Å². The van der Waals surface area contributed by atoms with E-state index in [-0.39, 0.29) is 16.9 Å². The molecule has 0 spiro atoms. The second kappa shape index (κ2) is 10.8. The molecule has 192 valence electrons. The number of rotatable bonds is 7. The van der Waals surface area contributed by atoms with Gasteiger partial charge in [-0.3, -0.25) is 0 Å². The van der Waals surface area contributed by atoms with Crippen molar-refractivity contribution in [3.05, 3.63) is 64.3 Å². The number of aryl methyl sites for hydroxylation is 2. The van der Waals surface area contributed by atoms with E-state index in [1.807, 2.05) is 18.7 Å². The fourth-order valence-corrected chi connectivity index (χ4v) is 4.13. The lowest BCUT2D eigenvalue weighted by Crippen LogP contribution is -2.48. The van der Waals surface area contributed by atoms with Crippen molar-refractivity contribution in [2.45, 2.75) is 38.9 Å². The minimum absolute atomic E-state index is 0.0606. The molecule has 1 aliphatic heterocycles. The van der Waals surface area contributed by atoms with Gasteiger partial charge in [-0.25, -0.2) is 9.37 Å². The second-order valence-corrected chi connectivity index (χ2v) is 9.18. The van der Waals surface area contributed by atoms with E-state index in [1.54, 1.807) is 17.0 Å². The zero-order valence-electron chi connectivity index (χ0n) is 19.9. The van der Waals surface area contributed by atoms with E-state index >= 15 is 0 Å². The van der Waals surface area contributed by atoms with Crippen molar-refractivity contribution >= 4 is 29.3 Å². The first kappa shape index (κ1) is 25.9. The molecule has 3 aromatic rings. The van der Waals surface area contributed by atoms with Crippen molar-refractivity contribution in [3.63, 3.8) is 0 Å². The highest BCUT2D eigenvalue weighted by atomic mass is 35.5. The van der Waals surface area contributed by atoms with Crippen molar-refractivity contribution < 1.29 is 17.6 Å². The number of hydrogen-bond acceptors (Lipinski definition) is 7. The van der Waals surface area contributed by atoms with Crippen molar-refractivity contribution in [1.29, 1.82) is 0 Å². The summed E-state index contributed by atoms with van der Waals surface area (Å²) < 4.78 is 53.8.